The van der Waals surface area contributed by atoms with E-state index in [0.29, 0.717) is 19.5 Å². The number of pyridine rings is 1. The average molecular weight is 232 g/mol. The lowest BCUT2D eigenvalue weighted by molar-refractivity contribution is -0.142. The molecule has 1 aromatic heterocycles. The Labute approximate surface area is 101 Å². The van der Waals surface area contributed by atoms with Crippen molar-refractivity contribution in [2.45, 2.75) is 12.5 Å². The molecule has 1 aliphatic heterocycles. The molecule has 2 heterocycles. The third kappa shape index (κ3) is 2.71. The van der Waals surface area contributed by atoms with E-state index in [1.165, 1.54) is 0 Å². The Kier molecular flexibility index (Phi) is 3.54. The van der Waals surface area contributed by atoms with Crippen molar-refractivity contribution in [1.29, 1.82) is 0 Å². The summed E-state index contributed by atoms with van der Waals surface area (Å²) < 4.78 is 5.13. The summed E-state index contributed by atoms with van der Waals surface area (Å²) in [6.45, 7) is 5.05. The first-order valence-electron chi connectivity index (χ1n) is 5.61. The number of hydrogen-bond donors (Lipinski definition) is 0. The lowest BCUT2D eigenvalue weighted by Crippen LogP contribution is -2.54. The molecule has 0 unspecified atom stereocenters. The van der Waals surface area contributed by atoms with Crippen LogP contribution in [0.3, 0.4) is 0 Å². The zero-order chi connectivity index (χ0) is 12.3. The van der Waals surface area contributed by atoms with E-state index in [4.69, 9.17) is 4.74 Å². The highest BCUT2D eigenvalue weighted by Gasteiger charge is 2.30. The summed E-state index contributed by atoms with van der Waals surface area (Å²) in [7, 11) is 1.67. The molecule has 0 spiro atoms. The van der Waals surface area contributed by atoms with Gasteiger partial charge in [0.1, 0.15) is 0 Å². The lowest BCUT2D eigenvalue weighted by atomic mass is 10.1. The number of aromatic nitrogens is 1. The molecule has 1 amide bonds. The predicted octanol–water partition coefficient (Wildman–Crippen LogP) is 1.12. The first-order chi connectivity index (χ1) is 8.22. The van der Waals surface area contributed by atoms with Crippen LogP contribution in [-0.2, 0) is 16.0 Å². The maximum Gasteiger partial charge on any atom is 0.228 e. The number of nitrogens with zero attached hydrogens (tertiary/aromatic N) is 2. The predicted molar refractivity (Wildman–Crippen MR) is 65.4 cm³/mol. The highest BCUT2D eigenvalue weighted by atomic mass is 16.5. The van der Waals surface area contributed by atoms with E-state index >= 15 is 0 Å². The Hall–Kier alpha value is -1.68. The van der Waals surface area contributed by atoms with Crippen molar-refractivity contribution in [2.24, 2.45) is 0 Å². The molecule has 0 N–H and O–H groups in total. The molecule has 1 saturated heterocycles. The number of hydrogen-bond acceptors (Lipinski definition) is 3. The van der Waals surface area contributed by atoms with Gasteiger partial charge in [0.05, 0.1) is 12.5 Å². The second kappa shape index (κ2) is 5.10. The molecule has 0 aliphatic carbocycles. The fourth-order valence-corrected chi connectivity index (χ4v) is 1.72. The molecule has 2 rings (SSSR count). The van der Waals surface area contributed by atoms with Crippen molar-refractivity contribution in [3.05, 3.63) is 36.2 Å². The van der Waals surface area contributed by atoms with E-state index in [0.717, 1.165) is 11.3 Å². The molecular formula is C13H16N2O2. The monoisotopic (exact) mass is 232 g/mol. The normalized spacial score (nSPS) is 15.5. The molecular weight excluding hydrogens is 216 g/mol. The van der Waals surface area contributed by atoms with Gasteiger partial charge in [-0.1, -0.05) is 18.7 Å². The van der Waals surface area contributed by atoms with Crippen LogP contribution in [0.5, 0.6) is 0 Å². The molecule has 0 saturated carbocycles. The molecule has 4 heteroatoms. The van der Waals surface area contributed by atoms with Gasteiger partial charge in [-0.25, -0.2) is 0 Å². The Morgan fingerprint density at radius 2 is 2.41 bits per heavy atom. The van der Waals surface area contributed by atoms with Crippen molar-refractivity contribution in [1.82, 2.24) is 9.88 Å². The van der Waals surface area contributed by atoms with Crippen molar-refractivity contribution < 1.29 is 9.53 Å². The van der Waals surface area contributed by atoms with Crippen LogP contribution < -0.4 is 0 Å². The van der Waals surface area contributed by atoms with Gasteiger partial charge in [-0.3, -0.25) is 9.78 Å². The van der Waals surface area contributed by atoms with Crippen molar-refractivity contribution in [3.63, 3.8) is 0 Å². The van der Waals surface area contributed by atoms with Crippen LogP contribution in [-0.4, -0.2) is 42.1 Å². The van der Waals surface area contributed by atoms with Crippen molar-refractivity contribution in [3.8, 4) is 0 Å². The van der Waals surface area contributed by atoms with Crippen LogP contribution in [0, 0.1) is 0 Å². The molecule has 1 aliphatic rings. The van der Waals surface area contributed by atoms with Gasteiger partial charge < -0.3 is 9.64 Å². The smallest absolute Gasteiger partial charge is 0.228 e. The van der Waals surface area contributed by atoms with Crippen molar-refractivity contribution in [2.75, 3.05) is 20.2 Å². The van der Waals surface area contributed by atoms with Crippen LogP contribution in [0.25, 0.3) is 6.08 Å². The third-order valence-corrected chi connectivity index (χ3v) is 2.95. The van der Waals surface area contributed by atoms with Crippen LogP contribution >= 0.6 is 0 Å². The molecule has 17 heavy (non-hydrogen) atoms. The Morgan fingerprint density at radius 3 is 2.94 bits per heavy atom. The van der Waals surface area contributed by atoms with Gasteiger partial charge in [0.15, 0.2) is 0 Å². The number of carbonyl (C=O) groups is 1. The molecule has 1 aromatic rings. The second-order valence-electron chi connectivity index (χ2n) is 4.12. The van der Waals surface area contributed by atoms with E-state index in [2.05, 4.69) is 11.6 Å². The minimum Gasteiger partial charge on any atom is -0.378 e. The quantitative estimate of drug-likeness (QED) is 0.781. The maximum absolute atomic E-state index is 11.8. The summed E-state index contributed by atoms with van der Waals surface area (Å²) in [6, 6.07) is 3.78. The second-order valence-corrected chi connectivity index (χ2v) is 4.12. The molecule has 90 valence electrons. The summed E-state index contributed by atoms with van der Waals surface area (Å²) in [5, 5.41) is 0. The summed E-state index contributed by atoms with van der Waals surface area (Å²) in [4.78, 5) is 17.8. The first-order valence-corrected chi connectivity index (χ1v) is 5.61. The molecule has 1 fully saturated rings. The number of ether oxygens (including phenoxy) is 1. The number of methoxy groups -OCH3 is 1. The fraction of sp³-hybridized carbons (Fsp3) is 0.385. The van der Waals surface area contributed by atoms with Gasteiger partial charge >= 0.3 is 0 Å². The van der Waals surface area contributed by atoms with E-state index < -0.39 is 0 Å². The SMILES string of the molecule is C=Cc1ccc(CC(=O)N2CC(OC)C2)nc1. The molecule has 0 radical (unpaired) electrons. The Morgan fingerprint density at radius 1 is 1.65 bits per heavy atom. The van der Waals surface area contributed by atoms with Crippen molar-refractivity contribution >= 4 is 12.0 Å². The van der Waals surface area contributed by atoms with E-state index in [1.54, 1.807) is 24.3 Å². The van der Waals surface area contributed by atoms with E-state index in [9.17, 15) is 4.79 Å². The standard InChI is InChI=1S/C13H16N2O2/c1-3-10-4-5-11(14-7-10)6-13(16)15-8-12(9-15)17-2/h3-5,7,12H,1,6,8-9H2,2H3. The summed E-state index contributed by atoms with van der Waals surface area (Å²) in [6.07, 6.45) is 4.02. The molecule has 0 aromatic carbocycles. The first kappa shape index (κ1) is 11.8. The molecule has 4 nitrogen and oxygen atoms in total. The zero-order valence-electron chi connectivity index (χ0n) is 9.93. The van der Waals surface area contributed by atoms with Gasteiger partial charge in [-0.2, -0.15) is 0 Å². The molecule has 0 atom stereocenters. The fourth-order valence-electron chi connectivity index (χ4n) is 1.72. The summed E-state index contributed by atoms with van der Waals surface area (Å²) in [5.74, 6) is 0.108. The summed E-state index contributed by atoms with van der Waals surface area (Å²) >= 11 is 0. The average Bonchev–Trinajstić information content (AvgIpc) is 2.28. The number of rotatable bonds is 4. The van der Waals surface area contributed by atoms with Crippen LogP contribution in [0.15, 0.2) is 24.9 Å². The van der Waals surface area contributed by atoms with Gasteiger partial charge in [-0.15, -0.1) is 0 Å². The zero-order valence-corrected chi connectivity index (χ0v) is 9.93. The van der Waals surface area contributed by atoms with Crippen LogP contribution in [0.4, 0.5) is 0 Å². The molecule has 0 bridgehead atoms. The van der Waals surface area contributed by atoms with Gasteiger partial charge in [-0.05, 0) is 11.6 Å². The summed E-state index contributed by atoms with van der Waals surface area (Å²) in [5.41, 5.74) is 1.76. The van der Waals surface area contributed by atoms with Crippen LogP contribution in [0.2, 0.25) is 0 Å². The van der Waals surface area contributed by atoms with E-state index in [-0.39, 0.29) is 12.0 Å². The van der Waals surface area contributed by atoms with Gasteiger partial charge in [0.2, 0.25) is 5.91 Å². The maximum atomic E-state index is 11.8. The minimum absolute atomic E-state index is 0.108. The third-order valence-electron chi connectivity index (χ3n) is 2.95. The van der Waals surface area contributed by atoms with Gasteiger partial charge in [0, 0.05) is 32.1 Å². The minimum atomic E-state index is 0.108. The topological polar surface area (TPSA) is 42.4 Å². The largest absolute Gasteiger partial charge is 0.378 e. The Balaban J connectivity index is 1.88. The van der Waals surface area contributed by atoms with Gasteiger partial charge in [0.25, 0.3) is 0 Å². The lowest BCUT2D eigenvalue weighted by Gasteiger charge is -2.38. The number of carbonyl (C=O) groups excluding carboxylic acids is 1. The number of amides is 1. The highest BCUT2D eigenvalue weighted by Crippen LogP contribution is 2.12. The van der Waals surface area contributed by atoms with Crippen LogP contribution in [0.1, 0.15) is 11.3 Å². The number of likely N-dealkylation sites (tertiary alicyclic amines) is 1. The highest BCUT2D eigenvalue weighted by molar-refractivity contribution is 5.79. The Bertz CT molecular complexity index is 408. The van der Waals surface area contributed by atoms with E-state index in [1.807, 2.05) is 12.1 Å².